The van der Waals surface area contributed by atoms with Crippen LogP contribution in [0.4, 0.5) is 0 Å². The Kier molecular flexibility index (Phi) is 6.47. The minimum atomic E-state index is -0.156. The van der Waals surface area contributed by atoms with Crippen molar-refractivity contribution in [3.63, 3.8) is 0 Å². The molecule has 1 aliphatic carbocycles. The van der Waals surface area contributed by atoms with E-state index in [0.29, 0.717) is 16.6 Å². The van der Waals surface area contributed by atoms with Gasteiger partial charge in [0.25, 0.3) is 5.91 Å². The van der Waals surface area contributed by atoms with E-state index in [4.69, 9.17) is 17.0 Å². The molecule has 136 valence electrons. The third-order valence-corrected chi connectivity index (χ3v) is 6.31. The molecule has 1 amide bonds. The number of benzene rings is 1. The predicted octanol–water partition coefficient (Wildman–Crippen LogP) is 4.05. The number of hydrogen-bond donors (Lipinski definition) is 1. The Hall–Kier alpha value is -0.980. The Labute approximate surface area is 163 Å². The number of hydrogen-bond acceptors (Lipinski definition) is 3. The molecule has 0 aromatic heterocycles. The van der Waals surface area contributed by atoms with Gasteiger partial charge >= 0.3 is 0 Å². The van der Waals surface area contributed by atoms with Crippen LogP contribution in [0, 0.1) is 12.8 Å². The monoisotopic (exact) mass is 424 g/mol. The van der Waals surface area contributed by atoms with E-state index in [1.54, 1.807) is 0 Å². The predicted molar refractivity (Wildman–Crippen MR) is 107 cm³/mol. The average molecular weight is 425 g/mol. The van der Waals surface area contributed by atoms with Gasteiger partial charge in [0.1, 0.15) is 0 Å². The Bertz CT molecular complexity index is 642. The van der Waals surface area contributed by atoms with Crippen LogP contribution in [0.5, 0.6) is 0 Å². The number of thiocarbonyl (C=S) groups is 1. The summed E-state index contributed by atoms with van der Waals surface area (Å²) in [6.07, 6.45) is 6.21. The summed E-state index contributed by atoms with van der Waals surface area (Å²) in [5, 5.41) is 3.43. The number of carbonyl (C=O) groups is 1. The fourth-order valence-electron chi connectivity index (χ4n) is 3.24. The number of aryl methyl sites for hydroxylation is 1. The number of nitrogens with zero attached hydrogens (tertiary/aromatic N) is 1. The zero-order valence-electron chi connectivity index (χ0n) is 14.6. The van der Waals surface area contributed by atoms with Gasteiger partial charge in [-0.3, -0.25) is 10.1 Å². The first kappa shape index (κ1) is 18.8. The number of halogens is 1. The summed E-state index contributed by atoms with van der Waals surface area (Å²) in [6, 6.07) is 5.60. The number of amides is 1. The van der Waals surface area contributed by atoms with E-state index in [9.17, 15) is 4.79 Å². The lowest BCUT2D eigenvalue weighted by atomic mass is 9.85. The fraction of sp³-hybridized carbons (Fsp3) is 0.579. The lowest BCUT2D eigenvalue weighted by Crippen LogP contribution is -2.48. The van der Waals surface area contributed by atoms with Gasteiger partial charge in [0, 0.05) is 29.7 Å². The molecule has 2 aliphatic rings. The van der Waals surface area contributed by atoms with Crippen LogP contribution in [0.1, 0.15) is 48.0 Å². The highest BCUT2D eigenvalue weighted by molar-refractivity contribution is 9.10. The molecule has 2 fully saturated rings. The molecule has 0 spiro atoms. The van der Waals surface area contributed by atoms with Crippen molar-refractivity contribution in [1.82, 2.24) is 10.2 Å². The highest BCUT2D eigenvalue weighted by Gasteiger charge is 2.26. The van der Waals surface area contributed by atoms with Crippen LogP contribution < -0.4 is 5.32 Å². The Morgan fingerprint density at radius 3 is 2.72 bits per heavy atom. The average Bonchev–Trinajstić information content (AvgIpc) is 3.05. The van der Waals surface area contributed by atoms with E-state index in [0.717, 1.165) is 42.6 Å². The third kappa shape index (κ3) is 5.02. The minimum absolute atomic E-state index is 0.156. The van der Waals surface area contributed by atoms with Crippen LogP contribution in [0.2, 0.25) is 0 Å². The second-order valence-corrected chi connectivity index (χ2v) is 8.30. The summed E-state index contributed by atoms with van der Waals surface area (Å²) in [6.45, 7) is 4.51. The molecule has 0 bridgehead atoms. The van der Waals surface area contributed by atoms with E-state index in [1.807, 2.05) is 25.1 Å². The van der Waals surface area contributed by atoms with E-state index in [-0.39, 0.29) is 12.0 Å². The zero-order valence-corrected chi connectivity index (χ0v) is 17.0. The van der Waals surface area contributed by atoms with Crippen molar-refractivity contribution < 1.29 is 9.53 Å². The molecule has 1 atom stereocenters. The second kappa shape index (κ2) is 8.60. The molecule has 1 aliphatic heterocycles. The largest absolute Gasteiger partial charge is 0.376 e. The SMILES string of the molecule is Cc1ccc(C(=O)NC(=S)N(CC2CCC2)C[C@@H]2CCCO2)cc1Br. The summed E-state index contributed by atoms with van der Waals surface area (Å²) in [5.74, 6) is 0.529. The van der Waals surface area contributed by atoms with Crippen molar-refractivity contribution in [3.8, 4) is 0 Å². The quantitative estimate of drug-likeness (QED) is 0.723. The molecule has 4 nitrogen and oxygen atoms in total. The first-order valence-electron chi connectivity index (χ1n) is 9.01. The van der Waals surface area contributed by atoms with Gasteiger partial charge in [-0.15, -0.1) is 0 Å². The van der Waals surface area contributed by atoms with E-state index in [1.165, 1.54) is 19.3 Å². The lowest BCUT2D eigenvalue weighted by molar-refractivity contribution is 0.0822. The van der Waals surface area contributed by atoms with Gasteiger partial charge in [-0.05, 0) is 68.4 Å². The van der Waals surface area contributed by atoms with Crippen molar-refractivity contribution in [2.75, 3.05) is 19.7 Å². The first-order chi connectivity index (χ1) is 12.0. The molecule has 1 saturated heterocycles. The molecule has 3 rings (SSSR count). The summed E-state index contributed by atoms with van der Waals surface area (Å²) in [4.78, 5) is 14.7. The highest BCUT2D eigenvalue weighted by atomic mass is 79.9. The maximum atomic E-state index is 12.6. The highest BCUT2D eigenvalue weighted by Crippen LogP contribution is 2.28. The Morgan fingerprint density at radius 2 is 2.12 bits per heavy atom. The van der Waals surface area contributed by atoms with Gasteiger partial charge in [0.2, 0.25) is 0 Å². The molecular weight excluding hydrogens is 400 g/mol. The van der Waals surface area contributed by atoms with Gasteiger partial charge in [-0.1, -0.05) is 28.4 Å². The molecule has 1 N–H and O–H groups in total. The van der Waals surface area contributed by atoms with Crippen LogP contribution in [0.15, 0.2) is 22.7 Å². The molecule has 1 heterocycles. The molecule has 0 unspecified atom stereocenters. The van der Waals surface area contributed by atoms with Crippen molar-refractivity contribution >= 4 is 39.2 Å². The summed E-state index contributed by atoms with van der Waals surface area (Å²) in [5.41, 5.74) is 1.71. The smallest absolute Gasteiger partial charge is 0.257 e. The van der Waals surface area contributed by atoms with Gasteiger partial charge in [0.15, 0.2) is 5.11 Å². The third-order valence-electron chi connectivity index (χ3n) is 5.09. The lowest BCUT2D eigenvalue weighted by Gasteiger charge is -2.35. The number of rotatable bonds is 5. The van der Waals surface area contributed by atoms with Gasteiger partial charge in [-0.25, -0.2) is 0 Å². The number of ether oxygens (including phenoxy) is 1. The van der Waals surface area contributed by atoms with Crippen LogP contribution in [-0.4, -0.2) is 41.7 Å². The molecule has 0 radical (unpaired) electrons. The summed E-state index contributed by atoms with van der Waals surface area (Å²) in [7, 11) is 0. The fourth-order valence-corrected chi connectivity index (χ4v) is 3.86. The number of nitrogens with one attached hydrogen (secondary N) is 1. The van der Waals surface area contributed by atoms with Crippen LogP contribution >= 0.6 is 28.1 Å². The van der Waals surface area contributed by atoms with Gasteiger partial charge in [-0.2, -0.15) is 0 Å². The number of carbonyl (C=O) groups excluding carboxylic acids is 1. The minimum Gasteiger partial charge on any atom is -0.376 e. The van der Waals surface area contributed by atoms with Crippen LogP contribution in [0.3, 0.4) is 0 Å². The van der Waals surface area contributed by atoms with E-state index in [2.05, 4.69) is 26.1 Å². The van der Waals surface area contributed by atoms with Gasteiger partial charge < -0.3 is 9.64 Å². The molecule has 1 aromatic rings. The van der Waals surface area contributed by atoms with E-state index >= 15 is 0 Å². The molecule has 1 saturated carbocycles. The maximum Gasteiger partial charge on any atom is 0.257 e. The van der Waals surface area contributed by atoms with Crippen LogP contribution in [-0.2, 0) is 4.74 Å². The first-order valence-corrected chi connectivity index (χ1v) is 10.2. The standard InChI is InChI=1S/C19H25BrN2O2S/c1-13-7-8-15(10-17(13)20)18(23)21-19(25)22(11-14-4-2-5-14)12-16-6-3-9-24-16/h7-8,10,14,16H,2-6,9,11-12H2,1H3,(H,21,23,25)/t16-/m0/s1. The summed E-state index contributed by atoms with van der Waals surface area (Å²) >= 11 is 9.04. The zero-order chi connectivity index (χ0) is 17.8. The molecular formula is C19H25BrN2O2S. The topological polar surface area (TPSA) is 41.6 Å². The van der Waals surface area contributed by atoms with Gasteiger partial charge in [0.05, 0.1) is 6.10 Å². The maximum absolute atomic E-state index is 12.6. The van der Waals surface area contributed by atoms with Crippen molar-refractivity contribution in [3.05, 3.63) is 33.8 Å². The Morgan fingerprint density at radius 1 is 1.32 bits per heavy atom. The van der Waals surface area contributed by atoms with Crippen molar-refractivity contribution in [1.29, 1.82) is 0 Å². The molecule has 1 aromatic carbocycles. The normalized spacial score (nSPS) is 20.2. The summed E-state index contributed by atoms with van der Waals surface area (Å²) < 4.78 is 6.69. The van der Waals surface area contributed by atoms with Crippen molar-refractivity contribution in [2.45, 2.75) is 45.1 Å². The molecule has 25 heavy (non-hydrogen) atoms. The van der Waals surface area contributed by atoms with Crippen LogP contribution in [0.25, 0.3) is 0 Å². The second-order valence-electron chi connectivity index (χ2n) is 7.06. The van der Waals surface area contributed by atoms with Crippen molar-refractivity contribution in [2.24, 2.45) is 5.92 Å². The molecule has 6 heteroatoms. The Balaban J connectivity index is 1.63. The van der Waals surface area contributed by atoms with E-state index < -0.39 is 0 Å².